The molecule has 2 amide bonds. The zero-order chi connectivity index (χ0) is 30.8. The number of fused-ring (bicyclic) bond motifs is 1. The third-order valence-electron chi connectivity index (χ3n) is 6.88. The number of imidazole rings is 1. The average Bonchev–Trinajstić information content (AvgIpc) is 3.32. The Balaban J connectivity index is 1.76. The topological polar surface area (TPSA) is 89.3 Å². The first-order valence-electron chi connectivity index (χ1n) is 14.7. The second kappa shape index (κ2) is 12.5. The molecule has 1 aliphatic rings. The zero-order valence-corrected chi connectivity index (χ0v) is 27.2. The van der Waals surface area contributed by atoms with Crippen molar-refractivity contribution in [2.24, 2.45) is 0 Å². The van der Waals surface area contributed by atoms with Gasteiger partial charge in [-0.05, 0) is 78.9 Å². The summed E-state index contributed by atoms with van der Waals surface area (Å²) >= 11 is 1.62. The molecule has 1 fully saturated rings. The molecular formula is C32H45N5O4S. The van der Waals surface area contributed by atoms with Gasteiger partial charge in [0.05, 0.1) is 23.6 Å². The maximum atomic E-state index is 13.9. The predicted molar refractivity (Wildman–Crippen MR) is 167 cm³/mol. The molecule has 1 unspecified atom stereocenters. The Morgan fingerprint density at radius 2 is 1.69 bits per heavy atom. The summed E-state index contributed by atoms with van der Waals surface area (Å²) in [6.45, 7) is 18.7. The van der Waals surface area contributed by atoms with Crippen LogP contribution in [0.4, 0.5) is 15.3 Å². The molecular weight excluding hydrogens is 550 g/mol. The van der Waals surface area contributed by atoms with Crippen LogP contribution in [-0.4, -0.2) is 61.2 Å². The van der Waals surface area contributed by atoms with Crippen molar-refractivity contribution in [3.63, 3.8) is 0 Å². The Hall–Kier alpha value is -3.27. The molecule has 228 valence electrons. The molecule has 3 aromatic rings. The number of anilines is 1. The summed E-state index contributed by atoms with van der Waals surface area (Å²) in [6.07, 6.45) is 2.91. The standard InChI is InChI=1S/C32H45N5O4S/c1-21(2)26-19-33-28-25(36(30(39)41-32(7,8)9)22(3)23-14-11-10-12-15-23)18-27(34-37(26)28)42-24-16-13-17-35(20-24)29(38)40-31(4,5)6/h10-12,14-15,18-19,21-22,24H,13,16-17,20H2,1-9H3/t22-,24?/m0/s1. The summed E-state index contributed by atoms with van der Waals surface area (Å²) in [5.74, 6) is 0.166. The van der Waals surface area contributed by atoms with Crippen LogP contribution >= 0.6 is 11.8 Å². The number of amides is 2. The molecule has 4 rings (SSSR count). The molecule has 1 aliphatic heterocycles. The molecule has 0 bridgehead atoms. The van der Waals surface area contributed by atoms with E-state index in [4.69, 9.17) is 19.6 Å². The van der Waals surface area contributed by atoms with Gasteiger partial charge in [-0.25, -0.2) is 19.1 Å². The highest BCUT2D eigenvalue weighted by atomic mass is 32.2. The highest BCUT2D eigenvalue weighted by molar-refractivity contribution is 7.99. The first kappa shape index (κ1) is 31.7. The number of hydrogen-bond acceptors (Lipinski definition) is 7. The lowest BCUT2D eigenvalue weighted by Crippen LogP contribution is -2.43. The first-order valence-corrected chi connectivity index (χ1v) is 15.6. The predicted octanol–water partition coefficient (Wildman–Crippen LogP) is 7.85. The van der Waals surface area contributed by atoms with Crippen molar-refractivity contribution in [1.29, 1.82) is 0 Å². The van der Waals surface area contributed by atoms with E-state index in [0.717, 1.165) is 29.1 Å². The molecule has 1 aromatic carbocycles. The van der Waals surface area contributed by atoms with Gasteiger partial charge in [-0.3, -0.25) is 4.90 Å². The van der Waals surface area contributed by atoms with Crippen molar-refractivity contribution < 1.29 is 19.1 Å². The quantitative estimate of drug-likeness (QED) is 0.287. The van der Waals surface area contributed by atoms with E-state index in [9.17, 15) is 9.59 Å². The third-order valence-corrected chi connectivity index (χ3v) is 8.04. The molecule has 0 aliphatic carbocycles. The third kappa shape index (κ3) is 7.76. The van der Waals surface area contributed by atoms with Crippen LogP contribution in [-0.2, 0) is 9.47 Å². The van der Waals surface area contributed by atoms with Gasteiger partial charge < -0.3 is 14.4 Å². The van der Waals surface area contributed by atoms with Crippen molar-refractivity contribution in [3.8, 4) is 0 Å². The lowest BCUT2D eigenvalue weighted by molar-refractivity contribution is 0.0220. The number of nitrogens with zero attached hydrogens (tertiary/aromatic N) is 5. The Bertz CT molecular complexity index is 1390. The molecule has 0 spiro atoms. The van der Waals surface area contributed by atoms with Crippen molar-refractivity contribution >= 4 is 35.3 Å². The van der Waals surface area contributed by atoms with Crippen LogP contribution in [0.15, 0.2) is 47.6 Å². The normalized spacial score (nSPS) is 16.9. The van der Waals surface area contributed by atoms with E-state index >= 15 is 0 Å². The van der Waals surface area contributed by atoms with Gasteiger partial charge in [-0.15, -0.1) is 0 Å². The maximum Gasteiger partial charge on any atom is 0.415 e. The molecule has 0 radical (unpaired) electrons. The first-order chi connectivity index (χ1) is 19.6. The van der Waals surface area contributed by atoms with Crippen molar-refractivity contribution in [3.05, 3.63) is 53.9 Å². The lowest BCUT2D eigenvalue weighted by atomic mass is 10.1. The number of aromatic nitrogens is 3. The number of likely N-dealkylation sites (tertiary alicyclic amines) is 1. The molecule has 42 heavy (non-hydrogen) atoms. The van der Waals surface area contributed by atoms with Crippen LogP contribution in [0.2, 0.25) is 0 Å². The van der Waals surface area contributed by atoms with E-state index in [1.54, 1.807) is 21.6 Å². The van der Waals surface area contributed by atoms with E-state index in [-0.39, 0.29) is 23.3 Å². The second-order valence-electron chi connectivity index (χ2n) is 13.2. The molecule has 9 nitrogen and oxygen atoms in total. The summed E-state index contributed by atoms with van der Waals surface area (Å²) < 4.78 is 13.4. The number of ether oxygens (including phenoxy) is 2. The van der Waals surface area contributed by atoms with Crippen LogP contribution in [0, 0.1) is 0 Å². The number of carbonyl (C=O) groups excluding carboxylic acids is 2. The van der Waals surface area contributed by atoms with Gasteiger partial charge in [-0.1, -0.05) is 55.9 Å². The van der Waals surface area contributed by atoms with Crippen LogP contribution < -0.4 is 4.90 Å². The molecule has 0 N–H and O–H groups in total. The van der Waals surface area contributed by atoms with E-state index in [1.807, 2.05) is 95.6 Å². The maximum absolute atomic E-state index is 13.9. The number of hydrogen-bond donors (Lipinski definition) is 0. The molecule has 0 saturated carbocycles. The van der Waals surface area contributed by atoms with Crippen LogP contribution in [0.1, 0.15) is 98.4 Å². The van der Waals surface area contributed by atoms with E-state index in [2.05, 4.69) is 13.8 Å². The zero-order valence-electron chi connectivity index (χ0n) is 26.4. The van der Waals surface area contributed by atoms with Crippen LogP contribution in [0.25, 0.3) is 5.65 Å². The van der Waals surface area contributed by atoms with E-state index in [0.29, 0.717) is 24.4 Å². The summed E-state index contributed by atoms with van der Waals surface area (Å²) in [7, 11) is 0. The second-order valence-corrected chi connectivity index (χ2v) is 14.5. The molecule has 10 heteroatoms. The smallest absolute Gasteiger partial charge is 0.415 e. The molecule has 2 atom stereocenters. The van der Waals surface area contributed by atoms with Gasteiger partial charge in [0.15, 0.2) is 5.65 Å². The minimum atomic E-state index is -0.682. The molecule has 1 saturated heterocycles. The van der Waals surface area contributed by atoms with E-state index in [1.165, 1.54) is 0 Å². The Labute approximate surface area is 254 Å². The number of rotatable bonds is 6. The fraction of sp³-hybridized carbons (Fsp3) is 0.562. The largest absolute Gasteiger partial charge is 0.444 e. The minimum Gasteiger partial charge on any atom is -0.444 e. The van der Waals surface area contributed by atoms with Crippen molar-refractivity contribution in [1.82, 2.24) is 19.5 Å². The Morgan fingerprint density at radius 1 is 1.02 bits per heavy atom. The number of carbonyl (C=O) groups is 2. The number of thioether (sulfide) groups is 1. The summed E-state index contributed by atoms with van der Waals surface area (Å²) in [4.78, 5) is 34.9. The van der Waals surface area contributed by atoms with Gasteiger partial charge >= 0.3 is 12.2 Å². The van der Waals surface area contributed by atoms with Crippen molar-refractivity contribution in [2.75, 3.05) is 18.0 Å². The number of benzene rings is 1. The van der Waals surface area contributed by atoms with Crippen LogP contribution in [0.3, 0.4) is 0 Å². The Morgan fingerprint density at radius 3 is 2.31 bits per heavy atom. The molecule has 3 heterocycles. The fourth-order valence-electron chi connectivity index (χ4n) is 4.93. The van der Waals surface area contributed by atoms with Gasteiger partial charge in [0.25, 0.3) is 0 Å². The van der Waals surface area contributed by atoms with E-state index < -0.39 is 17.3 Å². The summed E-state index contributed by atoms with van der Waals surface area (Å²) in [6, 6.07) is 11.5. The van der Waals surface area contributed by atoms with Crippen molar-refractivity contribution in [2.45, 2.75) is 109 Å². The Kier molecular flexibility index (Phi) is 9.45. The van der Waals surface area contributed by atoms with Gasteiger partial charge in [0.1, 0.15) is 16.2 Å². The highest BCUT2D eigenvalue weighted by Crippen LogP contribution is 2.37. The SMILES string of the molecule is CC(C)c1cnc2c(N(C(=O)OC(C)(C)C)[C@@H](C)c3ccccc3)cc(SC3CCCN(C(=O)OC(C)(C)C)C3)nn12. The summed E-state index contributed by atoms with van der Waals surface area (Å²) in [5, 5.41) is 5.87. The highest BCUT2D eigenvalue weighted by Gasteiger charge is 2.33. The molecule has 2 aromatic heterocycles. The monoisotopic (exact) mass is 595 g/mol. The lowest BCUT2D eigenvalue weighted by Gasteiger charge is -2.34. The summed E-state index contributed by atoms with van der Waals surface area (Å²) in [5.41, 5.74) is 1.92. The van der Waals surface area contributed by atoms with Gasteiger partial charge in [0, 0.05) is 18.3 Å². The average molecular weight is 596 g/mol. The minimum absolute atomic E-state index is 0.122. The van der Waals surface area contributed by atoms with Gasteiger partial charge in [0.2, 0.25) is 0 Å². The van der Waals surface area contributed by atoms with Crippen LogP contribution in [0.5, 0.6) is 0 Å². The fourth-order valence-corrected chi connectivity index (χ4v) is 6.12. The van der Waals surface area contributed by atoms with Gasteiger partial charge in [-0.2, -0.15) is 5.10 Å². The number of piperidine rings is 1.